The minimum Gasteiger partial charge on any atom is -0.421 e. The summed E-state index contributed by atoms with van der Waals surface area (Å²) in [5, 5.41) is 12.4. The Kier molecular flexibility index (Phi) is 4.09. The van der Waals surface area contributed by atoms with Crippen LogP contribution < -0.4 is 11.2 Å². The predicted octanol–water partition coefficient (Wildman–Crippen LogP) is 2.48. The van der Waals surface area contributed by atoms with Gasteiger partial charge in [0.1, 0.15) is 11.9 Å². The highest BCUT2D eigenvalue weighted by Crippen LogP contribution is 2.53. The van der Waals surface area contributed by atoms with E-state index in [1.54, 1.807) is 0 Å². The zero-order valence-corrected chi connectivity index (χ0v) is 17.1. The number of sulfone groups is 1. The number of rotatable bonds is 3. The molecule has 1 atom stereocenters. The Balaban J connectivity index is 1.79. The molecule has 1 unspecified atom stereocenters. The molecule has 0 bridgehead atoms. The molecule has 0 radical (unpaired) electrons. The van der Waals surface area contributed by atoms with Crippen molar-refractivity contribution in [3.8, 4) is 0 Å². The first kappa shape index (κ1) is 20.6. The molecule has 1 fully saturated rings. The summed E-state index contributed by atoms with van der Waals surface area (Å²) in [4.78, 5) is 24.9. The second-order valence-electron chi connectivity index (χ2n) is 7.25. The van der Waals surface area contributed by atoms with Crippen molar-refractivity contribution in [3.63, 3.8) is 0 Å². The van der Waals surface area contributed by atoms with Gasteiger partial charge in [-0.15, -0.1) is 0 Å². The van der Waals surface area contributed by atoms with E-state index in [0.717, 1.165) is 29.1 Å². The van der Waals surface area contributed by atoms with Crippen molar-refractivity contribution in [2.75, 3.05) is 0 Å². The normalized spacial score (nSPS) is 17.8. The van der Waals surface area contributed by atoms with Crippen molar-refractivity contribution < 1.29 is 26.8 Å². The van der Waals surface area contributed by atoms with Crippen LogP contribution in [0.4, 0.5) is 13.2 Å². The van der Waals surface area contributed by atoms with Gasteiger partial charge in [-0.2, -0.15) is 5.10 Å². The highest BCUT2D eigenvalue weighted by atomic mass is 35.5. The molecule has 4 aromatic rings. The summed E-state index contributed by atoms with van der Waals surface area (Å²) in [6.07, 6.45) is 0.507. The van der Waals surface area contributed by atoms with E-state index in [2.05, 4.69) is 10.1 Å². The van der Waals surface area contributed by atoms with E-state index < -0.39 is 66.0 Å². The second-order valence-corrected chi connectivity index (χ2v) is 9.58. The maximum absolute atomic E-state index is 14.7. The van der Waals surface area contributed by atoms with Gasteiger partial charge in [-0.05, 0) is 24.3 Å². The van der Waals surface area contributed by atoms with E-state index in [0.29, 0.717) is 6.07 Å². The Morgan fingerprint density at radius 2 is 1.94 bits per heavy atom. The van der Waals surface area contributed by atoms with Crippen molar-refractivity contribution in [3.05, 3.63) is 62.1 Å². The number of aromatic amines is 1. The van der Waals surface area contributed by atoms with Crippen molar-refractivity contribution in [2.45, 2.75) is 28.2 Å². The molecule has 2 aromatic heterocycles. The van der Waals surface area contributed by atoms with Gasteiger partial charge >= 0.3 is 5.69 Å². The Bertz CT molecular complexity index is 1690. The molecule has 2 heterocycles. The van der Waals surface area contributed by atoms with Crippen LogP contribution in [0.1, 0.15) is 12.5 Å². The van der Waals surface area contributed by atoms with Crippen LogP contribution >= 0.6 is 11.6 Å². The van der Waals surface area contributed by atoms with Crippen LogP contribution in [0.15, 0.2) is 49.8 Å². The minimum atomic E-state index is -4.60. The number of benzene rings is 2. The summed E-state index contributed by atoms with van der Waals surface area (Å²) in [5.74, 6) is -4.05. The Morgan fingerprint density at radius 3 is 2.59 bits per heavy atom. The van der Waals surface area contributed by atoms with Crippen molar-refractivity contribution in [2.24, 2.45) is 0 Å². The zero-order chi connectivity index (χ0) is 23.2. The van der Waals surface area contributed by atoms with Crippen LogP contribution in [0.25, 0.3) is 21.8 Å². The van der Waals surface area contributed by atoms with Gasteiger partial charge in [0.15, 0.2) is 0 Å². The Hall–Kier alpha value is -3.32. The van der Waals surface area contributed by atoms with E-state index >= 15 is 0 Å². The Morgan fingerprint density at radius 1 is 1.25 bits per heavy atom. The van der Waals surface area contributed by atoms with E-state index in [4.69, 9.17) is 11.6 Å². The molecule has 1 aliphatic rings. The number of aromatic nitrogens is 4. The monoisotopic (exact) mass is 486 g/mol. The number of H-pyrrole nitrogens is 1. The number of nitrogens with zero attached hydrogens (tertiary/aromatic N) is 3. The summed E-state index contributed by atoms with van der Waals surface area (Å²) in [7, 11) is -4.60. The molecule has 1 aliphatic carbocycles. The lowest BCUT2D eigenvalue weighted by molar-refractivity contribution is 0.0992. The van der Waals surface area contributed by atoms with E-state index in [9.17, 15) is 36.4 Å². The smallest absolute Gasteiger partial charge is 0.362 e. The number of hydrogen-bond acceptors (Lipinski definition) is 6. The SMILES string of the molecule is O=c1[nH]c2c(S(=O)(=O)c3cc(F)c4cnn(C5CC5(F)F)c4c3)ccc(Cl)c2c(=O)n1O. The molecule has 9 nitrogen and oxygen atoms in total. The zero-order valence-electron chi connectivity index (χ0n) is 15.5. The van der Waals surface area contributed by atoms with Crippen LogP contribution in [0.3, 0.4) is 0 Å². The molecule has 166 valence electrons. The third-order valence-electron chi connectivity index (χ3n) is 5.27. The van der Waals surface area contributed by atoms with Crippen molar-refractivity contribution in [1.29, 1.82) is 0 Å². The average Bonchev–Trinajstić information content (AvgIpc) is 3.14. The summed E-state index contributed by atoms with van der Waals surface area (Å²) in [6.45, 7) is 0. The second kappa shape index (κ2) is 6.36. The molecule has 5 rings (SSSR count). The third kappa shape index (κ3) is 2.77. The molecule has 0 spiro atoms. The molecule has 32 heavy (non-hydrogen) atoms. The molecule has 1 saturated carbocycles. The van der Waals surface area contributed by atoms with E-state index in [1.807, 2.05) is 0 Å². The summed E-state index contributed by atoms with van der Waals surface area (Å²) < 4.78 is 69.0. The standard InChI is InChI=1S/C18H10ClF3N4O5S/c19-9-1-2-12(15-14(9)16(27)26(29)17(28)24-15)32(30,31)7-3-10(20)8-6-23-25(11(8)4-7)13-5-18(13,21)22/h1-4,6,13,29H,5H2,(H,24,28). The van der Waals surface area contributed by atoms with Crippen LogP contribution in [-0.2, 0) is 9.84 Å². The van der Waals surface area contributed by atoms with Crippen molar-refractivity contribution in [1.82, 2.24) is 19.5 Å². The maximum Gasteiger partial charge on any atom is 0.362 e. The fourth-order valence-electron chi connectivity index (χ4n) is 3.55. The first-order valence-corrected chi connectivity index (χ1v) is 10.8. The number of hydrogen-bond donors (Lipinski definition) is 2. The quantitative estimate of drug-likeness (QED) is 0.428. The van der Waals surface area contributed by atoms with Crippen LogP contribution in [0, 0.1) is 5.82 Å². The summed E-state index contributed by atoms with van der Waals surface area (Å²) in [5.41, 5.74) is -3.24. The molecule has 2 N–H and O–H groups in total. The van der Waals surface area contributed by atoms with Gasteiger partial charge in [-0.3, -0.25) is 9.48 Å². The minimum absolute atomic E-state index is 0.149. The summed E-state index contributed by atoms with van der Waals surface area (Å²) >= 11 is 5.95. The van der Waals surface area contributed by atoms with Gasteiger partial charge in [0.25, 0.3) is 11.5 Å². The van der Waals surface area contributed by atoms with Gasteiger partial charge in [0.2, 0.25) is 9.84 Å². The first-order chi connectivity index (χ1) is 14.9. The van der Waals surface area contributed by atoms with E-state index in [1.165, 1.54) is 0 Å². The van der Waals surface area contributed by atoms with E-state index in [-0.39, 0.29) is 20.7 Å². The van der Waals surface area contributed by atoms with Gasteiger partial charge in [-0.1, -0.05) is 16.3 Å². The Labute approximate surface area is 180 Å². The van der Waals surface area contributed by atoms with Gasteiger partial charge in [0, 0.05) is 6.42 Å². The number of nitrogens with one attached hydrogen (secondary N) is 1. The van der Waals surface area contributed by atoms with Gasteiger partial charge < -0.3 is 10.2 Å². The van der Waals surface area contributed by atoms with Gasteiger partial charge in [-0.25, -0.2) is 26.4 Å². The number of alkyl halides is 2. The lowest BCUT2D eigenvalue weighted by Gasteiger charge is -2.11. The van der Waals surface area contributed by atoms with Crippen LogP contribution in [0.5, 0.6) is 0 Å². The molecule has 0 aliphatic heterocycles. The lowest BCUT2D eigenvalue weighted by atomic mass is 10.2. The maximum atomic E-state index is 14.7. The number of halogens is 4. The largest absolute Gasteiger partial charge is 0.421 e. The molecule has 0 amide bonds. The highest BCUT2D eigenvalue weighted by Gasteiger charge is 2.59. The number of fused-ring (bicyclic) bond motifs is 2. The summed E-state index contributed by atoms with van der Waals surface area (Å²) in [6, 6.07) is 2.39. The van der Waals surface area contributed by atoms with Crippen molar-refractivity contribution >= 4 is 43.2 Å². The molecular weight excluding hydrogens is 477 g/mol. The first-order valence-electron chi connectivity index (χ1n) is 8.90. The molecule has 14 heteroatoms. The molecular formula is C18H10ClF3N4O5S. The lowest BCUT2D eigenvalue weighted by Crippen LogP contribution is -2.33. The topological polar surface area (TPSA) is 127 Å². The fourth-order valence-corrected chi connectivity index (χ4v) is 5.23. The predicted molar refractivity (Wildman–Crippen MR) is 105 cm³/mol. The van der Waals surface area contributed by atoms with Crippen LogP contribution in [0.2, 0.25) is 5.02 Å². The highest BCUT2D eigenvalue weighted by molar-refractivity contribution is 7.91. The fraction of sp³-hybridized carbons (Fsp3) is 0.167. The van der Waals surface area contributed by atoms with Crippen LogP contribution in [-0.4, -0.2) is 39.0 Å². The average molecular weight is 487 g/mol. The third-order valence-corrected chi connectivity index (χ3v) is 7.36. The van der Waals surface area contributed by atoms with Gasteiger partial charge in [0.05, 0.1) is 42.8 Å². The molecule has 0 saturated heterocycles. The molecule has 2 aromatic carbocycles.